The van der Waals surface area contributed by atoms with Crippen LogP contribution in [0.4, 0.5) is 0 Å². The molecule has 0 bridgehead atoms. The van der Waals surface area contributed by atoms with Crippen LogP contribution < -0.4 is 4.72 Å². The highest BCUT2D eigenvalue weighted by Crippen LogP contribution is 2.02. The molecule has 0 fully saturated rings. The van der Waals surface area contributed by atoms with E-state index in [-0.39, 0.29) is 5.25 Å². The van der Waals surface area contributed by atoms with Gasteiger partial charge in [0.15, 0.2) is 0 Å². The minimum absolute atomic E-state index is 0.382. The molecule has 0 rings (SSSR count). The molecule has 1 unspecified atom stereocenters. The largest absolute Gasteiger partial charge is 0.385 e. The summed E-state index contributed by atoms with van der Waals surface area (Å²) in [7, 11) is -0.131. The molecule has 0 aromatic heterocycles. The molecule has 5 heteroatoms. The van der Waals surface area contributed by atoms with E-state index < -0.39 is 10.0 Å². The highest BCUT2D eigenvalue weighted by Gasteiger charge is 2.17. The SMILES string of the molecule is CNS(=O)(=O)C(C)CCOC. The van der Waals surface area contributed by atoms with Crippen molar-refractivity contribution in [2.75, 3.05) is 20.8 Å². The molecule has 0 aromatic rings. The van der Waals surface area contributed by atoms with E-state index in [0.29, 0.717) is 13.0 Å². The van der Waals surface area contributed by atoms with Gasteiger partial charge in [-0.3, -0.25) is 0 Å². The Labute approximate surface area is 68.0 Å². The third kappa shape index (κ3) is 3.69. The first-order chi connectivity index (χ1) is 5.04. The Bertz CT molecular complexity index is 188. The van der Waals surface area contributed by atoms with E-state index in [1.165, 1.54) is 7.05 Å². The van der Waals surface area contributed by atoms with Gasteiger partial charge in [-0.25, -0.2) is 13.1 Å². The lowest BCUT2D eigenvalue weighted by Crippen LogP contribution is -2.30. The summed E-state index contributed by atoms with van der Waals surface area (Å²) >= 11 is 0. The third-order valence-electron chi connectivity index (χ3n) is 1.54. The van der Waals surface area contributed by atoms with Gasteiger partial charge >= 0.3 is 0 Å². The highest BCUT2D eigenvalue weighted by atomic mass is 32.2. The Morgan fingerprint density at radius 1 is 1.55 bits per heavy atom. The summed E-state index contributed by atoms with van der Waals surface area (Å²) in [5.41, 5.74) is 0. The lowest BCUT2D eigenvalue weighted by molar-refractivity contribution is 0.194. The summed E-state index contributed by atoms with van der Waals surface area (Å²) in [6.07, 6.45) is 0.527. The number of rotatable bonds is 5. The summed E-state index contributed by atoms with van der Waals surface area (Å²) in [4.78, 5) is 0. The topological polar surface area (TPSA) is 55.4 Å². The second-order valence-corrected chi connectivity index (χ2v) is 4.64. The quantitative estimate of drug-likeness (QED) is 0.647. The first-order valence-electron chi connectivity index (χ1n) is 3.46. The van der Waals surface area contributed by atoms with Crippen LogP contribution in [0.2, 0.25) is 0 Å². The molecule has 0 saturated carbocycles. The maximum Gasteiger partial charge on any atom is 0.214 e. The average molecular weight is 181 g/mol. The van der Waals surface area contributed by atoms with Gasteiger partial charge < -0.3 is 4.74 Å². The van der Waals surface area contributed by atoms with Crippen LogP contribution in [0.3, 0.4) is 0 Å². The third-order valence-corrected chi connectivity index (χ3v) is 3.41. The van der Waals surface area contributed by atoms with Gasteiger partial charge in [-0.15, -0.1) is 0 Å². The molecule has 0 saturated heterocycles. The van der Waals surface area contributed by atoms with Crippen LogP contribution in [0.5, 0.6) is 0 Å². The van der Waals surface area contributed by atoms with E-state index in [9.17, 15) is 8.42 Å². The van der Waals surface area contributed by atoms with Crippen molar-refractivity contribution in [2.24, 2.45) is 0 Å². The van der Waals surface area contributed by atoms with Gasteiger partial charge in [-0.1, -0.05) is 0 Å². The average Bonchev–Trinajstić information content (AvgIpc) is 2.00. The van der Waals surface area contributed by atoms with Gasteiger partial charge in [0.05, 0.1) is 5.25 Å². The predicted octanol–water partition coefficient (Wildman–Crippen LogP) is -0.0394. The number of hydrogen-bond donors (Lipinski definition) is 1. The number of sulfonamides is 1. The molecule has 0 aliphatic heterocycles. The van der Waals surface area contributed by atoms with Crippen molar-refractivity contribution in [3.63, 3.8) is 0 Å². The van der Waals surface area contributed by atoms with Gasteiger partial charge in [-0.2, -0.15) is 0 Å². The second-order valence-electron chi connectivity index (χ2n) is 2.34. The molecule has 68 valence electrons. The highest BCUT2D eigenvalue weighted by molar-refractivity contribution is 7.90. The molecule has 1 atom stereocenters. The molecule has 11 heavy (non-hydrogen) atoms. The normalized spacial score (nSPS) is 14.8. The molecule has 0 aromatic carbocycles. The summed E-state index contributed by atoms with van der Waals surface area (Å²) in [5, 5.41) is -0.382. The lowest BCUT2D eigenvalue weighted by Gasteiger charge is -2.10. The predicted molar refractivity (Wildman–Crippen MR) is 43.9 cm³/mol. The lowest BCUT2D eigenvalue weighted by atomic mass is 10.3. The van der Waals surface area contributed by atoms with E-state index in [1.807, 2.05) is 0 Å². The fourth-order valence-electron chi connectivity index (χ4n) is 0.640. The molecule has 0 heterocycles. The number of nitrogens with one attached hydrogen (secondary N) is 1. The van der Waals surface area contributed by atoms with Crippen molar-refractivity contribution < 1.29 is 13.2 Å². The Morgan fingerprint density at radius 3 is 2.45 bits per heavy atom. The Balaban J connectivity index is 3.93. The van der Waals surface area contributed by atoms with Crippen LogP contribution in [0, 0.1) is 0 Å². The van der Waals surface area contributed by atoms with Crippen molar-refractivity contribution in [3.05, 3.63) is 0 Å². The first-order valence-corrected chi connectivity index (χ1v) is 5.00. The first kappa shape index (κ1) is 10.9. The van der Waals surface area contributed by atoms with E-state index >= 15 is 0 Å². The van der Waals surface area contributed by atoms with Crippen LogP contribution in [-0.2, 0) is 14.8 Å². The fraction of sp³-hybridized carbons (Fsp3) is 1.00. The van der Waals surface area contributed by atoms with E-state index in [0.717, 1.165) is 0 Å². The molecule has 0 amide bonds. The molecule has 0 spiro atoms. The smallest absolute Gasteiger partial charge is 0.214 e. The molecule has 0 aliphatic carbocycles. The Kier molecular flexibility index (Phi) is 4.63. The van der Waals surface area contributed by atoms with Crippen LogP contribution in [0.25, 0.3) is 0 Å². The maximum atomic E-state index is 11.0. The molecule has 1 N–H and O–H groups in total. The van der Waals surface area contributed by atoms with Crippen LogP contribution >= 0.6 is 0 Å². The van der Waals surface area contributed by atoms with Crippen molar-refractivity contribution in [2.45, 2.75) is 18.6 Å². The molecular weight excluding hydrogens is 166 g/mol. The van der Waals surface area contributed by atoms with Crippen molar-refractivity contribution in [3.8, 4) is 0 Å². The minimum Gasteiger partial charge on any atom is -0.385 e. The number of ether oxygens (including phenoxy) is 1. The minimum atomic E-state index is -3.10. The standard InChI is InChI=1S/C6H15NO3S/c1-6(4-5-10-3)11(8,9)7-2/h6-7H,4-5H2,1-3H3. The van der Waals surface area contributed by atoms with Crippen molar-refractivity contribution in [1.29, 1.82) is 0 Å². The summed E-state index contributed by atoms with van der Waals surface area (Å²) in [6, 6.07) is 0. The summed E-state index contributed by atoms with van der Waals surface area (Å²) in [6.45, 7) is 2.13. The van der Waals surface area contributed by atoms with Crippen molar-refractivity contribution >= 4 is 10.0 Å². The van der Waals surface area contributed by atoms with Gasteiger partial charge in [0.1, 0.15) is 0 Å². The number of methoxy groups -OCH3 is 1. The van der Waals surface area contributed by atoms with Crippen LogP contribution in [0.1, 0.15) is 13.3 Å². The zero-order valence-electron chi connectivity index (χ0n) is 7.12. The van der Waals surface area contributed by atoms with E-state index in [1.54, 1.807) is 14.0 Å². The van der Waals surface area contributed by atoms with E-state index in [4.69, 9.17) is 4.74 Å². The van der Waals surface area contributed by atoms with Gasteiger partial charge in [0.2, 0.25) is 10.0 Å². The van der Waals surface area contributed by atoms with Crippen molar-refractivity contribution in [1.82, 2.24) is 4.72 Å². The van der Waals surface area contributed by atoms with Crippen LogP contribution in [-0.4, -0.2) is 34.4 Å². The zero-order valence-corrected chi connectivity index (χ0v) is 7.94. The summed E-state index contributed by atoms with van der Waals surface area (Å²) < 4.78 is 29.1. The zero-order chi connectivity index (χ0) is 8.91. The molecule has 0 radical (unpaired) electrons. The van der Waals surface area contributed by atoms with Gasteiger partial charge in [0, 0.05) is 13.7 Å². The molecule has 0 aliphatic rings. The Hall–Kier alpha value is -0.130. The summed E-state index contributed by atoms with van der Waals surface area (Å²) in [5.74, 6) is 0. The van der Waals surface area contributed by atoms with Gasteiger partial charge in [-0.05, 0) is 20.4 Å². The second kappa shape index (κ2) is 4.69. The molecular formula is C6H15NO3S. The molecule has 4 nitrogen and oxygen atoms in total. The fourth-order valence-corrected chi connectivity index (χ4v) is 1.45. The monoisotopic (exact) mass is 181 g/mol. The number of hydrogen-bond acceptors (Lipinski definition) is 3. The Morgan fingerprint density at radius 2 is 2.09 bits per heavy atom. The maximum absolute atomic E-state index is 11.0. The van der Waals surface area contributed by atoms with E-state index in [2.05, 4.69) is 4.72 Å². The van der Waals surface area contributed by atoms with Gasteiger partial charge in [0.25, 0.3) is 0 Å². The van der Waals surface area contributed by atoms with Crippen LogP contribution in [0.15, 0.2) is 0 Å².